The molecule has 32 heavy (non-hydrogen) atoms. The number of rotatable bonds is 6. The van der Waals surface area contributed by atoms with E-state index in [-0.39, 0.29) is 18.1 Å². The Morgan fingerprint density at radius 2 is 0.781 bits per heavy atom. The first-order chi connectivity index (χ1) is 15.8. The van der Waals surface area contributed by atoms with Gasteiger partial charge in [-0.05, 0) is 22.3 Å². The summed E-state index contributed by atoms with van der Waals surface area (Å²) in [6.45, 7) is 1.15. The van der Waals surface area contributed by atoms with E-state index < -0.39 is 0 Å². The van der Waals surface area contributed by atoms with Crippen molar-refractivity contribution in [1.82, 2.24) is 9.80 Å². The van der Waals surface area contributed by atoms with Crippen LogP contribution in [0.25, 0.3) is 0 Å². The molecular formula is C29H26N2O. The zero-order valence-corrected chi connectivity index (χ0v) is 17.9. The molecule has 1 fully saturated rings. The van der Waals surface area contributed by atoms with E-state index in [2.05, 4.69) is 72.8 Å². The van der Waals surface area contributed by atoms with Gasteiger partial charge in [0, 0.05) is 13.1 Å². The summed E-state index contributed by atoms with van der Waals surface area (Å²) >= 11 is 0. The van der Waals surface area contributed by atoms with Gasteiger partial charge in [-0.25, -0.2) is 4.79 Å². The molecule has 0 aliphatic carbocycles. The van der Waals surface area contributed by atoms with Crippen molar-refractivity contribution in [3.63, 3.8) is 0 Å². The normalized spacial score (nSPS) is 18.2. The molecule has 0 spiro atoms. The first-order valence-electron chi connectivity index (χ1n) is 11.1. The van der Waals surface area contributed by atoms with Crippen molar-refractivity contribution < 1.29 is 4.79 Å². The molecule has 4 aromatic carbocycles. The fraction of sp³-hybridized carbons (Fsp3) is 0.138. The molecule has 0 N–H and O–H groups in total. The van der Waals surface area contributed by atoms with Crippen molar-refractivity contribution in [2.45, 2.75) is 25.2 Å². The van der Waals surface area contributed by atoms with Crippen LogP contribution >= 0.6 is 0 Å². The molecule has 1 saturated heterocycles. The molecule has 2 amide bonds. The molecule has 3 heteroatoms. The van der Waals surface area contributed by atoms with E-state index in [0.29, 0.717) is 13.1 Å². The highest BCUT2D eigenvalue weighted by molar-refractivity contribution is 5.79. The lowest BCUT2D eigenvalue weighted by atomic mass is 9.92. The fourth-order valence-electron chi connectivity index (χ4n) is 4.66. The maximum absolute atomic E-state index is 13.9. The Hall–Kier alpha value is -3.85. The topological polar surface area (TPSA) is 23.6 Å². The van der Waals surface area contributed by atoms with Gasteiger partial charge in [-0.2, -0.15) is 0 Å². The van der Waals surface area contributed by atoms with E-state index in [4.69, 9.17) is 0 Å². The standard InChI is InChI=1S/C29H26N2O/c32-29-30(21-23-13-5-1-6-14-23)27(25-17-9-3-10-18-25)28(26-19-11-4-12-20-26)31(29)22-24-15-7-2-8-16-24/h1-20,27-28H,21-22H2/t27-,28-/m0/s1. The lowest BCUT2D eigenvalue weighted by Crippen LogP contribution is -2.32. The van der Waals surface area contributed by atoms with Crippen LogP contribution in [0.3, 0.4) is 0 Å². The Labute approximate surface area is 189 Å². The Balaban J connectivity index is 1.61. The number of hydrogen-bond donors (Lipinski definition) is 0. The van der Waals surface area contributed by atoms with Gasteiger partial charge < -0.3 is 9.80 Å². The minimum absolute atomic E-state index is 0.0698. The van der Waals surface area contributed by atoms with Gasteiger partial charge in [-0.3, -0.25) is 0 Å². The van der Waals surface area contributed by atoms with Crippen LogP contribution in [0, 0.1) is 0 Å². The molecule has 4 aromatic rings. The highest BCUT2D eigenvalue weighted by Crippen LogP contribution is 2.46. The number of carbonyl (C=O) groups is 1. The van der Waals surface area contributed by atoms with Crippen LogP contribution in [0.15, 0.2) is 121 Å². The molecule has 3 nitrogen and oxygen atoms in total. The third kappa shape index (κ3) is 4.02. The number of carbonyl (C=O) groups excluding carboxylic acids is 1. The highest BCUT2D eigenvalue weighted by Gasteiger charge is 2.46. The molecule has 5 rings (SSSR count). The van der Waals surface area contributed by atoms with Crippen molar-refractivity contribution >= 4 is 6.03 Å². The Morgan fingerprint density at radius 3 is 1.12 bits per heavy atom. The SMILES string of the molecule is O=C1N(Cc2ccccc2)[C@@H](c2ccccc2)[C@H](c2ccccc2)N1Cc1ccccc1. The van der Waals surface area contributed by atoms with E-state index in [1.165, 1.54) is 0 Å². The van der Waals surface area contributed by atoms with Gasteiger partial charge in [0.25, 0.3) is 0 Å². The van der Waals surface area contributed by atoms with Crippen LogP contribution in [0.2, 0.25) is 0 Å². The maximum atomic E-state index is 13.9. The lowest BCUT2D eigenvalue weighted by molar-refractivity contribution is 0.181. The minimum atomic E-state index is -0.0741. The quantitative estimate of drug-likeness (QED) is 0.346. The fourth-order valence-corrected chi connectivity index (χ4v) is 4.66. The zero-order chi connectivity index (χ0) is 21.8. The summed E-state index contributed by atoms with van der Waals surface area (Å²) in [7, 11) is 0. The third-order valence-electron chi connectivity index (χ3n) is 6.14. The van der Waals surface area contributed by atoms with Crippen molar-refractivity contribution in [3.05, 3.63) is 144 Å². The summed E-state index contributed by atoms with van der Waals surface area (Å²) in [5.74, 6) is 0. The van der Waals surface area contributed by atoms with Gasteiger partial charge in [0.1, 0.15) is 0 Å². The monoisotopic (exact) mass is 418 g/mol. The van der Waals surface area contributed by atoms with Gasteiger partial charge in [0.2, 0.25) is 0 Å². The van der Waals surface area contributed by atoms with Crippen LogP contribution in [0.4, 0.5) is 4.79 Å². The second kappa shape index (κ2) is 9.11. The van der Waals surface area contributed by atoms with Crippen molar-refractivity contribution in [3.8, 4) is 0 Å². The van der Waals surface area contributed by atoms with Crippen LogP contribution in [0.5, 0.6) is 0 Å². The van der Waals surface area contributed by atoms with Crippen LogP contribution in [-0.2, 0) is 13.1 Å². The predicted molar refractivity (Wildman–Crippen MR) is 128 cm³/mol. The van der Waals surface area contributed by atoms with E-state index in [0.717, 1.165) is 22.3 Å². The van der Waals surface area contributed by atoms with E-state index in [1.807, 2.05) is 58.3 Å². The zero-order valence-electron chi connectivity index (χ0n) is 17.9. The number of benzene rings is 4. The number of nitrogens with zero attached hydrogens (tertiary/aromatic N) is 2. The Morgan fingerprint density at radius 1 is 0.469 bits per heavy atom. The Kier molecular flexibility index (Phi) is 5.71. The number of urea groups is 1. The summed E-state index contributed by atoms with van der Waals surface area (Å²) in [5.41, 5.74) is 4.58. The van der Waals surface area contributed by atoms with Crippen LogP contribution in [-0.4, -0.2) is 15.8 Å². The minimum Gasteiger partial charge on any atom is -0.311 e. The van der Waals surface area contributed by atoms with Crippen molar-refractivity contribution in [2.24, 2.45) is 0 Å². The van der Waals surface area contributed by atoms with Crippen LogP contribution in [0.1, 0.15) is 34.3 Å². The van der Waals surface area contributed by atoms with Gasteiger partial charge in [-0.15, -0.1) is 0 Å². The molecule has 1 heterocycles. The first-order valence-corrected chi connectivity index (χ1v) is 11.1. The molecule has 158 valence electrons. The van der Waals surface area contributed by atoms with Gasteiger partial charge in [0.05, 0.1) is 12.1 Å². The average molecular weight is 419 g/mol. The summed E-state index contributed by atoms with van der Waals surface area (Å²) in [5, 5.41) is 0. The van der Waals surface area contributed by atoms with Crippen molar-refractivity contribution in [1.29, 1.82) is 0 Å². The van der Waals surface area contributed by atoms with E-state index in [1.54, 1.807) is 0 Å². The number of hydrogen-bond acceptors (Lipinski definition) is 1. The summed E-state index contributed by atoms with van der Waals surface area (Å²) in [6, 6.07) is 41.3. The maximum Gasteiger partial charge on any atom is 0.321 e. The molecule has 0 radical (unpaired) electrons. The smallest absolute Gasteiger partial charge is 0.311 e. The largest absolute Gasteiger partial charge is 0.321 e. The molecule has 0 unspecified atom stereocenters. The van der Waals surface area contributed by atoms with E-state index >= 15 is 0 Å². The number of amides is 2. The van der Waals surface area contributed by atoms with E-state index in [9.17, 15) is 4.79 Å². The van der Waals surface area contributed by atoms with Gasteiger partial charge in [-0.1, -0.05) is 121 Å². The third-order valence-corrected chi connectivity index (χ3v) is 6.14. The second-order valence-corrected chi connectivity index (χ2v) is 8.22. The molecule has 0 aromatic heterocycles. The molecule has 1 aliphatic heterocycles. The van der Waals surface area contributed by atoms with Crippen molar-refractivity contribution in [2.75, 3.05) is 0 Å². The average Bonchev–Trinajstić information content (AvgIpc) is 3.12. The lowest BCUT2D eigenvalue weighted by Gasteiger charge is -2.29. The predicted octanol–water partition coefficient (Wildman–Crippen LogP) is 6.61. The Bertz CT molecular complexity index is 1050. The van der Waals surface area contributed by atoms with Gasteiger partial charge >= 0.3 is 6.03 Å². The molecule has 0 bridgehead atoms. The molecular weight excluding hydrogens is 392 g/mol. The molecule has 0 saturated carbocycles. The second-order valence-electron chi connectivity index (χ2n) is 8.22. The highest BCUT2D eigenvalue weighted by atomic mass is 16.2. The van der Waals surface area contributed by atoms with Crippen LogP contribution < -0.4 is 0 Å². The first kappa shape index (κ1) is 20.1. The molecule has 1 aliphatic rings. The summed E-state index contributed by atoms with van der Waals surface area (Å²) < 4.78 is 0. The molecule has 2 atom stereocenters. The summed E-state index contributed by atoms with van der Waals surface area (Å²) in [4.78, 5) is 18.0. The summed E-state index contributed by atoms with van der Waals surface area (Å²) in [6.07, 6.45) is 0. The van der Waals surface area contributed by atoms with Gasteiger partial charge in [0.15, 0.2) is 0 Å².